The maximum absolute atomic E-state index is 13.2. The average Bonchev–Trinajstić information content (AvgIpc) is 2.45. The Morgan fingerprint density at radius 2 is 1.67 bits per heavy atom. The molecule has 7 heteroatoms. The van der Waals surface area contributed by atoms with Crippen molar-refractivity contribution in [3.05, 3.63) is 64.2 Å². The van der Waals surface area contributed by atoms with E-state index in [0.717, 1.165) is 18.2 Å². The third-order valence-electron chi connectivity index (χ3n) is 2.90. The number of anilines is 1. The van der Waals surface area contributed by atoms with Crippen LogP contribution in [0.4, 0.5) is 23.2 Å². The molecule has 0 bridgehead atoms. The summed E-state index contributed by atoms with van der Waals surface area (Å²) >= 11 is 5.89. The van der Waals surface area contributed by atoms with Gasteiger partial charge in [0.25, 0.3) is 0 Å². The molecule has 21 heavy (non-hydrogen) atoms. The van der Waals surface area contributed by atoms with Gasteiger partial charge in [-0.3, -0.25) is 0 Å². The first-order valence-electron chi connectivity index (χ1n) is 5.98. The predicted octanol–water partition coefficient (Wildman–Crippen LogP) is 4.01. The van der Waals surface area contributed by atoms with Crippen molar-refractivity contribution < 1.29 is 17.6 Å². The van der Waals surface area contributed by atoms with Gasteiger partial charge in [-0.25, -0.2) is 17.6 Å². The van der Waals surface area contributed by atoms with Gasteiger partial charge in [-0.15, -0.1) is 0 Å². The first-order chi connectivity index (χ1) is 9.92. The molecule has 0 spiro atoms. The molecule has 3 N–H and O–H groups in total. The van der Waals surface area contributed by atoms with Gasteiger partial charge in [-0.1, -0.05) is 11.6 Å². The van der Waals surface area contributed by atoms with E-state index in [-0.39, 0.29) is 22.8 Å². The van der Waals surface area contributed by atoms with Gasteiger partial charge in [0.15, 0.2) is 17.5 Å². The Balaban J connectivity index is 2.34. The summed E-state index contributed by atoms with van der Waals surface area (Å²) in [4.78, 5) is 0. The molecule has 0 radical (unpaired) electrons. The van der Waals surface area contributed by atoms with E-state index in [1.807, 2.05) is 0 Å². The van der Waals surface area contributed by atoms with Crippen molar-refractivity contribution >= 4 is 17.3 Å². The van der Waals surface area contributed by atoms with Gasteiger partial charge in [-0.2, -0.15) is 0 Å². The second kappa shape index (κ2) is 6.32. The lowest BCUT2D eigenvalue weighted by atomic mass is 10.1. The maximum Gasteiger partial charge on any atom is 0.194 e. The molecule has 112 valence electrons. The van der Waals surface area contributed by atoms with Gasteiger partial charge in [0.1, 0.15) is 5.82 Å². The SMILES string of the molecule is NCC(Nc1cc(F)ccc1Cl)c1cc(F)c(F)c(F)c1. The van der Waals surface area contributed by atoms with Crippen LogP contribution in [0.1, 0.15) is 11.6 Å². The first-order valence-corrected chi connectivity index (χ1v) is 6.36. The van der Waals surface area contributed by atoms with Crippen molar-refractivity contribution in [2.75, 3.05) is 11.9 Å². The molecule has 0 aliphatic heterocycles. The van der Waals surface area contributed by atoms with E-state index in [0.29, 0.717) is 0 Å². The predicted molar refractivity (Wildman–Crippen MR) is 73.1 cm³/mol. The summed E-state index contributed by atoms with van der Waals surface area (Å²) in [5.74, 6) is -4.74. The molecular weight excluding hydrogens is 308 g/mol. The second-order valence-corrected chi connectivity index (χ2v) is 4.76. The van der Waals surface area contributed by atoms with Crippen LogP contribution in [0.2, 0.25) is 5.02 Å². The minimum atomic E-state index is -1.56. The Hall–Kier alpha value is -1.79. The fraction of sp³-hybridized carbons (Fsp3) is 0.143. The van der Waals surface area contributed by atoms with Crippen molar-refractivity contribution in [1.29, 1.82) is 0 Å². The minimum Gasteiger partial charge on any atom is -0.376 e. The quantitative estimate of drug-likeness (QED) is 0.660. The molecule has 2 nitrogen and oxygen atoms in total. The van der Waals surface area contributed by atoms with E-state index in [4.69, 9.17) is 17.3 Å². The number of rotatable bonds is 4. The van der Waals surface area contributed by atoms with E-state index in [9.17, 15) is 17.6 Å². The number of halogens is 5. The molecule has 2 aromatic rings. The van der Waals surface area contributed by atoms with Crippen molar-refractivity contribution in [2.45, 2.75) is 6.04 Å². The third kappa shape index (κ3) is 3.46. The zero-order valence-corrected chi connectivity index (χ0v) is 11.4. The van der Waals surface area contributed by atoms with Crippen LogP contribution < -0.4 is 11.1 Å². The Morgan fingerprint density at radius 3 is 2.24 bits per heavy atom. The largest absolute Gasteiger partial charge is 0.376 e. The standard InChI is InChI=1S/C14H11ClF4N2/c15-9-2-1-8(16)5-12(9)21-13(6-20)7-3-10(17)14(19)11(18)4-7/h1-5,13,21H,6,20H2. The van der Waals surface area contributed by atoms with Gasteiger partial charge < -0.3 is 11.1 Å². The Bertz CT molecular complexity index is 640. The molecule has 2 aromatic carbocycles. The van der Waals surface area contributed by atoms with Crippen molar-refractivity contribution in [3.8, 4) is 0 Å². The van der Waals surface area contributed by atoms with Crippen LogP contribution in [0.5, 0.6) is 0 Å². The number of hydrogen-bond donors (Lipinski definition) is 2. The zero-order valence-electron chi connectivity index (χ0n) is 10.6. The Kier molecular flexibility index (Phi) is 4.69. The lowest BCUT2D eigenvalue weighted by molar-refractivity contribution is 0.444. The maximum atomic E-state index is 13.2. The van der Waals surface area contributed by atoms with Gasteiger partial charge >= 0.3 is 0 Å². The number of benzene rings is 2. The monoisotopic (exact) mass is 318 g/mol. The van der Waals surface area contributed by atoms with E-state index in [2.05, 4.69) is 5.32 Å². The van der Waals surface area contributed by atoms with Crippen LogP contribution >= 0.6 is 11.6 Å². The number of nitrogens with two attached hydrogens (primary N) is 1. The van der Waals surface area contributed by atoms with E-state index in [1.165, 1.54) is 12.1 Å². The lowest BCUT2D eigenvalue weighted by Crippen LogP contribution is -2.21. The van der Waals surface area contributed by atoms with Gasteiger partial charge in [0.05, 0.1) is 16.8 Å². The molecule has 0 amide bonds. The van der Waals surface area contributed by atoms with Crippen LogP contribution in [0.15, 0.2) is 30.3 Å². The number of hydrogen-bond acceptors (Lipinski definition) is 2. The first kappa shape index (κ1) is 15.6. The molecule has 0 saturated carbocycles. The van der Waals surface area contributed by atoms with Crippen LogP contribution in [0.25, 0.3) is 0 Å². The van der Waals surface area contributed by atoms with E-state index in [1.54, 1.807) is 0 Å². The fourth-order valence-corrected chi connectivity index (χ4v) is 2.02. The van der Waals surface area contributed by atoms with Crippen LogP contribution in [0, 0.1) is 23.3 Å². The van der Waals surface area contributed by atoms with Crippen LogP contribution in [-0.2, 0) is 0 Å². The molecule has 0 heterocycles. The van der Waals surface area contributed by atoms with Gasteiger partial charge in [0, 0.05) is 6.54 Å². The average molecular weight is 319 g/mol. The summed E-state index contributed by atoms with van der Waals surface area (Å²) in [7, 11) is 0. The highest BCUT2D eigenvalue weighted by molar-refractivity contribution is 6.33. The van der Waals surface area contributed by atoms with Gasteiger partial charge in [0.2, 0.25) is 0 Å². The van der Waals surface area contributed by atoms with Crippen LogP contribution in [-0.4, -0.2) is 6.54 Å². The van der Waals surface area contributed by atoms with E-state index < -0.39 is 29.3 Å². The fourth-order valence-electron chi connectivity index (χ4n) is 1.85. The van der Waals surface area contributed by atoms with E-state index >= 15 is 0 Å². The highest BCUT2D eigenvalue weighted by Crippen LogP contribution is 2.28. The second-order valence-electron chi connectivity index (χ2n) is 4.36. The smallest absolute Gasteiger partial charge is 0.194 e. The molecule has 0 aliphatic rings. The normalized spacial score (nSPS) is 12.3. The number of nitrogens with one attached hydrogen (secondary N) is 1. The summed E-state index contributed by atoms with van der Waals surface area (Å²) in [6.07, 6.45) is 0. The van der Waals surface area contributed by atoms with Gasteiger partial charge in [-0.05, 0) is 35.9 Å². The Labute approximate surface area is 123 Å². The zero-order chi connectivity index (χ0) is 15.6. The van der Waals surface area contributed by atoms with Crippen LogP contribution in [0.3, 0.4) is 0 Å². The summed E-state index contributed by atoms with van der Waals surface area (Å²) in [5, 5.41) is 3.00. The van der Waals surface area contributed by atoms with Crippen molar-refractivity contribution in [3.63, 3.8) is 0 Å². The molecule has 2 rings (SSSR count). The lowest BCUT2D eigenvalue weighted by Gasteiger charge is -2.20. The molecule has 1 unspecified atom stereocenters. The topological polar surface area (TPSA) is 38.0 Å². The Morgan fingerprint density at radius 1 is 1.05 bits per heavy atom. The molecule has 0 saturated heterocycles. The molecule has 0 fully saturated rings. The molecular formula is C14H11ClF4N2. The van der Waals surface area contributed by atoms with Crippen molar-refractivity contribution in [2.24, 2.45) is 5.73 Å². The molecule has 1 atom stereocenters. The minimum absolute atomic E-state index is 0.0582. The van der Waals surface area contributed by atoms with Crippen molar-refractivity contribution in [1.82, 2.24) is 0 Å². The highest BCUT2D eigenvalue weighted by Gasteiger charge is 2.17. The summed E-state index contributed by atoms with van der Waals surface area (Å²) in [6.45, 7) is -0.0582. The highest BCUT2D eigenvalue weighted by atomic mass is 35.5. The molecule has 0 aliphatic carbocycles. The summed E-state index contributed by atoms with van der Waals surface area (Å²) in [6, 6.07) is 4.53. The summed E-state index contributed by atoms with van der Waals surface area (Å²) < 4.78 is 52.6. The third-order valence-corrected chi connectivity index (χ3v) is 3.23. The molecule has 0 aromatic heterocycles. The summed E-state index contributed by atoms with van der Waals surface area (Å²) in [5.41, 5.74) is 5.85.